The monoisotopic (exact) mass is 272 g/mol. The summed E-state index contributed by atoms with van der Waals surface area (Å²) in [7, 11) is 1.37. The zero-order valence-electron chi connectivity index (χ0n) is 11.5. The van der Waals surface area contributed by atoms with Gasteiger partial charge in [0.25, 0.3) is 0 Å². The molecule has 0 bridgehead atoms. The second kappa shape index (κ2) is 6.20. The molecule has 102 valence electrons. The third-order valence-corrected chi connectivity index (χ3v) is 3.24. The van der Waals surface area contributed by atoms with Crippen molar-refractivity contribution in [3.63, 3.8) is 0 Å². The maximum Gasteiger partial charge on any atom is 0.348 e. The van der Waals surface area contributed by atoms with Gasteiger partial charge in [-0.3, -0.25) is 0 Å². The lowest BCUT2D eigenvalue weighted by atomic mass is 10.2. The van der Waals surface area contributed by atoms with Crippen LogP contribution in [0.25, 0.3) is 0 Å². The fraction of sp³-hybridized carbons (Fsp3) is 0.615. The van der Waals surface area contributed by atoms with Gasteiger partial charge in [0, 0.05) is 5.56 Å². The Morgan fingerprint density at radius 3 is 2.56 bits per heavy atom. The molecule has 0 fully saturated rings. The predicted octanol–water partition coefficient (Wildman–Crippen LogP) is 3.04. The van der Waals surface area contributed by atoms with Crippen LogP contribution < -0.4 is 4.74 Å². The average molecular weight is 272 g/mol. The fourth-order valence-electron chi connectivity index (χ4n) is 1.29. The second-order valence-electron chi connectivity index (χ2n) is 4.88. The normalized spacial score (nSPS) is 11.4. The molecule has 0 spiro atoms. The van der Waals surface area contributed by atoms with Gasteiger partial charge in [0.15, 0.2) is 5.06 Å². The van der Waals surface area contributed by atoms with Crippen molar-refractivity contribution in [2.24, 2.45) is 0 Å². The SMILES string of the molecule is COC(=O)c1cc(C)c(OCCOC(C)(C)C)s1. The molecule has 0 aromatic carbocycles. The molecule has 1 aromatic rings. The van der Waals surface area contributed by atoms with Gasteiger partial charge in [-0.25, -0.2) is 4.79 Å². The van der Waals surface area contributed by atoms with Crippen molar-refractivity contribution in [3.05, 3.63) is 16.5 Å². The lowest BCUT2D eigenvalue weighted by Gasteiger charge is -2.19. The van der Waals surface area contributed by atoms with E-state index in [0.717, 1.165) is 10.6 Å². The molecule has 1 rings (SSSR count). The highest BCUT2D eigenvalue weighted by Gasteiger charge is 2.14. The first-order valence-corrected chi connectivity index (χ1v) is 6.60. The highest BCUT2D eigenvalue weighted by Crippen LogP contribution is 2.30. The number of rotatable bonds is 5. The van der Waals surface area contributed by atoms with Crippen molar-refractivity contribution in [1.82, 2.24) is 0 Å². The number of carbonyl (C=O) groups is 1. The molecule has 0 saturated carbocycles. The Bertz CT molecular complexity index is 404. The smallest absolute Gasteiger partial charge is 0.348 e. The molecule has 5 heteroatoms. The van der Waals surface area contributed by atoms with E-state index >= 15 is 0 Å². The minimum atomic E-state index is -0.330. The third-order valence-electron chi connectivity index (χ3n) is 2.11. The number of esters is 1. The lowest BCUT2D eigenvalue weighted by molar-refractivity contribution is -0.0159. The van der Waals surface area contributed by atoms with Crippen LogP contribution in [-0.2, 0) is 9.47 Å². The van der Waals surface area contributed by atoms with E-state index in [-0.39, 0.29) is 11.6 Å². The lowest BCUT2D eigenvalue weighted by Crippen LogP contribution is -2.22. The highest BCUT2D eigenvalue weighted by atomic mass is 32.1. The van der Waals surface area contributed by atoms with Gasteiger partial charge in [-0.2, -0.15) is 0 Å². The molecule has 0 aliphatic rings. The number of aryl methyl sites for hydroxylation is 1. The topological polar surface area (TPSA) is 44.8 Å². The minimum Gasteiger partial charge on any atom is -0.481 e. The summed E-state index contributed by atoms with van der Waals surface area (Å²) in [4.78, 5) is 11.9. The van der Waals surface area contributed by atoms with Crippen LogP contribution in [0.4, 0.5) is 0 Å². The van der Waals surface area contributed by atoms with Crippen LogP contribution in [-0.4, -0.2) is 31.9 Å². The van der Waals surface area contributed by atoms with Crippen molar-refractivity contribution in [3.8, 4) is 5.06 Å². The van der Waals surface area contributed by atoms with E-state index in [4.69, 9.17) is 9.47 Å². The molecule has 0 amide bonds. The van der Waals surface area contributed by atoms with E-state index in [9.17, 15) is 4.79 Å². The molecule has 18 heavy (non-hydrogen) atoms. The van der Waals surface area contributed by atoms with Crippen molar-refractivity contribution in [2.75, 3.05) is 20.3 Å². The van der Waals surface area contributed by atoms with E-state index in [1.807, 2.05) is 27.7 Å². The van der Waals surface area contributed by atoms with E-state index in [2.05, 4.69) is 4.74 Å². The summed E-state index contributed by atoms with van der Waals surface area (Å²) in [6, 6.07) is 1.77. The quantitative estimate of drug-likeness (QED) is 0.610. The second-order valence-corrected chi connectivity index (χ2v) is 5.90. The molecule has 0 atom stereocenters. The Kier molecular flexibility index (Phi) is 5.16. The number of hydrogen-bond donors (Lipinski definition) is 0. The molecule has 1 heterocycles. The fourth-order valence-corrected chi connectivity index (χ4v) is 2.26. The molecule has 0 aliphatic carbocycles. The molecule has 0 N–H and O–H groups in total. The summed E-state index contributed by atoms with van der Waals surface area (Å²) in [5.41, 5.74) is 0.779. The average Bonchev–Trinajstić information content (AvgIpc) is 2.64. The van der Waals surface area contributed by atoms with Gasteiger partial charge in [-0.1, -0.05) is 11.3 Å². The Hall–Kier alpha value is -1.07. The van der Waals surface area contributed by atoms with Gasteiger partial charge < -0.3 is 14.2 Å². The van der Waals surface area contributed by atoms with Gasteiger partial charge in [-0.05, 0) is 33.8 Å². The summed E-state index contributed by atoms with van der Waals surface area (Å²) in [6.07, 6.45) is 0. The Morgan fingerprint density at radius 2 is 2.00 bits per heavy atom. The first-order chi connectivity index (χ1) is 8.33. The van der Waals surface area contributed by atoms with E-state index in [0.29, 0.717) is 18.1 Å². The Morgan fingerprint density at radius 1 is 1.33 bits per heavy atom. The zero-order chi connectivity index (χ0) is 13.8. The first kappa shape index (κ1) is 15.0. The summed E-state index contributed by atoms with van der Waals surface area (Å²) in [6.45, 7) is 8.90. The summed E-state index contributed by atoms with van der Waals surface area (Å²) >= 11 is 1.30. The maximum atomic E-state index is 11.3. The van der Waals surface area contributed by atoms with Crippen LogP contribution in [0.15, 0.2) is 6.07 Å². The van der Waals surface area contributed by atoms with Crippen LogP contribution in [0.1, 0.15) is 36.0 Å². The standard InChI is InChI=1S/C13H20O4S/c1-9-8-10(11(14)15-5)18-12(9)16-6-7-17-13(2,3)4/h8H,6-7H2,1-5H3. The van der Waals surface area contributed by atoms with Crippen LogP contribution in [0.2, 0.25) is 0 Å². The number of thiophene rings is 1. The van der Waals surface area contributed by atoms with Crippen LogP contribution in [0.5, 0.6) is 5.06 Å². The first-order valence-electron chi connectivity index (χ1n) is 5.79. The van der Waals surface area contributed by atoms with E-state index < -0.39 is 0 Å². The predicted molar refractivity (Wildman–Crippen MR) is 71.6 cm³/mol. The van der Waals surface area contributed by atoms with Gasteiger partial charge in [-0.15, -0.1) is 0 Å². The summed E-state index contributed by atoms with van der Waals surface area (Å²) < 4.78 is 15.8. The minimum absolute atomic E-state index is 0.162. The van der Waals surface area contributed by atoms with Gasteiger partial charge in [0.05, 0.1) is 19.3 Å². The Labute approximate surface area is 112 Å². The van der Waals surface area contributed by atoms with Crippen LogP contribution >= 0.6 is 11.3 Å². The van der Waals surface area contributed by atoms with Crippen LogP contribution in [0.3, 0.4) is 0 Å². The van der Waals surface area contributed by atoms with Gasteiger partial charge in [0.1, 0.15) is 11.5 Å². The van der Waals surface area contributed by atoms with E-state index in [1.165, 1.54) is 18.4 Å². The number of carbonyl (C=O) groups excluding carboxylic acids is 1. The molecular weight excluding hydrogens is 252 g/mol. The number of methoxy groups -OCH3 is 1. The van der Waals surface area contributed by atoms with Crippen molar-refractivity contribution >= 4 is 17.3 Å². The molecule has 4 nitrogen and oxygen atoms in total. The Balaban J connectivity index is 2.48. The molecule has 1 aromatic heterocycles. The zero-order valence-corrected chi connectivity index (χ0v) is 12.3. The highest BCUT2D eigenvalue weighted by molar-refractivity contribution is 7.15. The maximum absolute atomic E-state index is 11.3. The number of ether oxygens (including phenoxy) is 3. The van der Waals surface area contributed by atoms with Gasteiger partial charge in [0.2, 0.25) is 0 Å². The van der Waals surface area contributed by atoms with Crippen molar-refractivity contribution in [1.29, 1.82) is 0 Å². The van der Waals surface area contributed by atoms with Crippen LogP contribution in [0, 0.1) is 6.92 Å². The summed E-state index contributed by atoms with van der Waals surface area (Å²) in [5, 5.41) is 0.743. The summed E-state index contributed by atoms with van der Waals surface area (Å²) in [5.74, 6) is -0.330. The third kappa shape index (κ3) is 4.66. The van der Waals surface area contributed by atoms with Gasteiger partial charge >= 0.3 is 5.97 Å². The van der Waals surface area contributed by atoms with Crippen molar-refractivity contribution in [2.45, 2.75) is 33.3 Å². The molecular formula is C13H20O4S. The molecule has 0 unspecified atom stereocenters. The molecule has 0 radical (unpaired) electrons. The molecule has 0 saturated heterocycles. The van der Waals surface area contributed by atoms with Crippen molar-refractivity contribution < 1.29 is 19.0 Å². The van der Waals surface area contributed by atoms with E-state index in [1.54, 1.807) is 6.07 Å². The number of hydrogen-bond acceptors (Lipinski definition) is 5. The largest absolute Gasteiger partial charge is 0.481 e. The molecule has 0 aliphatic heterocycles.